The zero-order chi connectivity index (χ0) is 22.4. The smallest absolute Gasteiger partial charge is 0.266 e. The zero-order valence-corrected chi connectivity index (χ0v) is 17.9. The highest BCUT2D eigenvalue weighted by atomic mass is 19.1. The number of furan rings is 1. The number of hydrogen-bond acceptors (Lipinski definition) is 5. The highest BCUT2D eigenvalue weighted by Crippen LogP contribution is 2.25. The molecular weight excluding hydrogens is 421 g/mol. The molecule has 8 heteroatoms. The van der Waals surface area contributed by atoms with Crippen molar-refractivity contribution in [3.05, 3.63) is 77.2 Å². The second-order valence-electron chi connectivity index (χ2n) is 8.40. The van der Waals surface area contributed by atoms with Crippen LogP contribution in [-0.2, 0) is 6.54 Å². The van der Waals surface area contributed by atoms with Gasteiger partial charge in [-0.15, -0.1) is 0 Å². The maximum absolute atomic E-state index is 13.2. The number of benzene rings is 1. The monoisotopic (exact) mass is 443 g/mol. The summed E-state index contributed by atoms with van der Waals surface area (Å²) in [6.07, 6.45) is 7.24. The third kappa shape index (κ3) is 3.62. The van der Waals surface area contributed by atoms with Gasteiger partial charge in [-0.05, 0) is 68.4 Å². The number of aromatic nitrogens is 4. The van der Waals surface area contributed by atoms with Crippen molar-refractivity contribution in [3.63, 3.8) is 0 Å². The molecule has 166 valence electrons. The molecule has 0 aliphatic carbocycles. The Bertz CT molecular complexity index is 1510. The van der Waals surface area contributed by atoms with Crippen LogP contribution in [0.15, 0.2) is 70.3 Å². The third-order valence-corrected chi connectivity index (χ3v) is 6.30. The number of pyridine rings is 2. The number of nitrogens with zero attached hydrogens (tertiary/aromatic N) is 5. The topological polar surface area (TPSA) is 69.1 Å². The number of halogens is 1. The van der Waals surface area contributed by atoms with Gasteiger partial charge in [-0.25, -0.2) is 9.37 Å². The first-order valence-electron chi connectivity index (χ1n) is 11.1. The Kier molecular flexibility index (Phi) is 4.80. The average molecular weight is 443 g/mol. The number of hydrogen-bond donors (Lipinski definition) is 0. The van der Waals surface area contributed by atoms with Gasteiger partial charge in [-0.1, -0.05) is 0 Å². The number of likely N-dealkylation sites (tertiary alicyclic amines) is 1. The van der Waals surface area contributed by atoms with Crippen molar-refractivity contribution >= 4 is 21.9 Å². The fourth-order valence-corrected chi connectivity index (χ4v) is 4.53. The summed E-state index contributed by atoms with van der Waals surface area (Å²) in [6, 6.07) is 12.2. The molecule has 0 unspecified atom stereocenters. The van der Waals surface area contributed by atoms with Crippen molar-refractivity contribution in [1.29, 1.82) is 0 Å². The summed E-state index contributed by atoms with van der Waals surface area (Å²) in [4.78, 5) is 19.7. The molecule has 0 amide bonds. The van der Waals surface area contributed by atoms with Crippen LogP contribution in [0.1, 0.15) is 12.8 Å². The van der Waals surface area contributed by atoms with E-state index in [1.54, 1.807) is 22.9 Å². The van der Waals surface area contributed by atoms with Crippen LogP contribution in [-0.4, -0.2) is 43.9 Å². The van der Waals surface area contributed by atoms with Crippen molar-refractivity contribution in [1.82, 2.24) is 24.2 Å². The van der Waals surface area contributed by atoms with E-state index in [0.717, 1.165) is 35.9 Å². The van der Waals surface area contributed by atoms with E-state index in [2.05, 4.69) is 15.0 Å². The van der Waals surface area contributed by atoms with Gasteiger partial charge < -0.3 is 9.32 Å². The van der Waals surface area contributed by atoms with E-state index < -0.39 is 5.82 Å². The van der Waals surface area contributed by atoms with Crippen molar-refractivity contribution in [2.24, 2.45) is 0 Å². The molecule has 1 saturated heterocycles. The van der Waals surface area contributed by atoms with Crippen molar-refractivity contribution in [3.8, 4) is 17.1 Å². The predicted octanol–water partition coefficient (Wildman–Crippen LogP) is 4.23. The molecule has 0 atom stereocenters. The molecule has 0 saturated carbocycles. The lowest BCUT2D eigenvalue weighted by Crippen LogP contribution is -2.24. The van der Waals surface area contributed by atoms with Crippen LogP contribution in [0.2, 0.25) is 0 Å². The summed E-state index contributed by atoms with van der Waals surface area (Å²) < 4.78 is 22.6. The van der Waals surface area contributed by atoms with Gasteiger partial charge in [0.25, 0.3) is 5.56 Å². The second-order valence-corrected chi connectivity index (χ2v) is 8.40. The Morgan fingerprint density at radius 2 is 1.88 bits per heavy atom. The van der Waals surface area contributed by atoms with Crippen LogP contribution in [0, 0.1) is 5.82 Å². The molecule has 0 radical (unpaired) electrons. The standard InChI is InChI=1S/C25H22FN5O2/c26-18-3-5-21(27-16-18)24-14-20-23(33-24)7-10-30(25(20)32)19-4-6-22-17(13-19)15-28-31(22)12-11-29-8-1-2-9-29/h3-7,10,13-16H,1-2,8-9,11-12H2. The molecular formula is C25H22FN5O2. The first-order valence-corrected chi connectivity index (χ1v) is 11.1. The van der Waals surface area contributed by atoms with Gasteiger partial charge in [-0.3, -0.25) is 14.0 Å². The Hall–Kier alpha value is -3.78. The van der Waals surface area contributed by atoms with E-state index in [4.69, 9.17) is 4.42 Å². The first kappa shape index (κ1) is 19.9. The quantitative estimate of drug-likeness (QED) is 0.407. The molecule has 0 bridgehead atoms. The largest absolute Gasteiger partial charge is 0.454 e. The van der Waals surface area contributed by atoms with Crippen LogP contribution in [0.3, 0.4) is 0 Å². The molecule has 5 aromatic rings. The molecule has 4 aromatic heterocycles. The second kappa shape index (κ2) is 7.97. The normalized spacial score (nSPS) is 14.6. The molecule has 0 spiro atoms. The Labute approximate surface area is 188 Å². The maximum atomic E-state index is 13.2. The van der Waals surface area contributed by atoms with Crippen LogP contribution in [0.5, 0.6) is 0 Å². The molecule has 1 aromatic carbocycles. The molecule has 6 rings (SSSR count). The molecule has 7 nitrogen and oxygen atoms in total. The average Bonchev–Trinajstić information content (AvgIpc) is 3.58. The van der Waals surface area contributed by atoms with E-state index in [1.165, 1.54) is 38.1 Å². The maximum Gasteiger partial charge on any atom is 0.266 e. The van der Waals surface area contributed by atoms with Gasteiger partial charge in [0.15, 0.2) is 5.76 Å². The summed E-state index contributed by atoms with van der Waals surface area (Å²) in [5.41, 5.74) is 2.57. The Morgan fingerprint density at radius 1 is 1.00 bits per heavy atom. The van der Waals surface area contributed by atoms with E-state index in [-0.39, 0.29) is 5.56 Å². The lowest BCUT2D eigenvalue weighted by molar-refractivity contribution is 0.318. The van der Waals surface area contributed by atoms with Gasteiger partial charge in [0, 0.05) is 23.8 Å². The molecule has 0 N–H and O–H groups in total. The fourth-order valence-electron chi connectivity index (χ4n) is 4.53. The summed E-state index contributed by atoms with van der Waals surface area (Å²) >= 11 is 0. The van der Waals surface area contributed by atoms with Crippen molar-refractivity contribution in [2.45, 2.75) is 19.4 Å². The molecule has 5 heterocycles. The van der Waals surface area contributed by atoms with Gasteiger partial charge in [0.05, 0.1) is 29.8 Å². The SMILES string of the molecule is O=c1c2cc(-c3ccc(F)cn3)oc2ccn1-c1ccc2c(cnn2CCN2CCCC2)c1. The lowest BCUT2D eigenvalue weighted by Gasteiger charge is -2.14. The minimum atomic E-state index is -0.424. The number of rotatable bonds is 5. The highest BCUT2D eigenvalue weighted by Gasteiger charge is 2.15. The van der Waals surface area contributed by atoms with Crippen LogP contribution < -0.4 is 5.56 Å². The zero-order valence-electron chi connectivity index (χ0n) is 17.9. The summed E-state index contributed by atoms with van der Waals surface area (Å²) in [5, 5.41) is 6.00. The summed E-state index contributed by atoms with van der Waals surface area (Å²) in [6.45, 7) is 4.19. The van der Waals surface area contributed by atoms with Crippen molar-refractivity contribution in [2.75, 3.05) is 19.6 Å². The molecule has 1 aliphatic rings. The van der Waals surface area contributed by atoms with E-state index in [1.807, 2.05) is 29.1 Å². The van der Waals surface area contributed by atoms with Gasteiger partial charge in [-0.2, -0.15) is 5.10 Å². The van der Waals surface area contributed by atoms with Gasteiger partial charge in [0.2, 0.25) is 0 Å². The van der Waals surface area contributed by atoms with E-state index >= 15 is 0 Å². The van der Waals surface area contributed by atoms with Crippen molar-refractivity contribution < 1.29 is 8.81 Å². The molecule has 33 heavy (non-hydrogen) atoms. The summed E-state index contributed by atoms with van der Waals surface area (Å²) in [7, 11) is 0. The van der Waals surface area contributed by atoms with E-state index in [0.29, 0.717) is 22.4 Å². The third-order valence-electron chi connectivity index (χ3n) is 6.30. The minimum Gasteiger partial charge on any atom is -0.454 e. The van der Waals surface area contributed by atoms with Crippen LogP contribution in [0.4, 0.5) is 4.39 Å². The first-order chi connectivity index (χ1) is 16.2. The predicted molar refractivity (Wildman–Crippen MR) is 124 cm³/mol. The molecule has 1 aliphatic heterocycles. The Balaban J connectivity index is 1.32. The summed E-state index contributed by atoms with van der Waals surface area (Å²) in [5.74, 6) is 0.00144. The Morgan fingerprint density at radius 3 is 2.70 bits per heavy atom. The van der Waals surface area contributed by atoms with Crippen LogP contribution >= 0.6 is 0 Å². The fraction of sp³-hybridized carbons (Fsp3) is 0.240. The van der Waals surface area contributed by atoms with Gasteiger partial charge in [0.1, 0.15) is 17.1 Å². The van der Waals surface area contributed by atoms with Crippen LogP contribution in [0.25, 0.3) is 39.0 Å². The lowest BCUT2D eigenvalue weighted by atomic mass is 10.2. The minimum absolute atomic E-state index is 0.189. The number of fused-ring (bicyclic) bond motifs is 2. The molecule has 1 fully saturated rings. The highest BCUT2D eigenvalue weighted by molar-refractivity contribution is 5.83. The van der Waals surface area contributed by atoms with E-state index in [9.17, 15) is 9.18 Å². The van der Waals surface area contributed by atoms with Gasteiger partial charge >= 0.3 is 0 Å².